The van der Waals surface area contributed by atoms with E-state index in [0.29, 0.717) is 30.5 Å². The van der Waals surface area contributed by atoms with Gasteiger partial charge in [-0.1, -0.05) is 15.9 Å². The summed E-state index contributed by atoms with van der Waals surface area (Å²) in [4.78, 5) is 28.6. The van der Waals surface area contributed by atoms with E-state index in [1.54, 1.807) is 12.1 Å². The maximum Gasteiger partial charge on any atom is 0.261 e. The fourth-order valence-electron chi connectivity index (χ4n) is 2.77. The number of carbonyl (C=O) groups is 1. The number of hydrogen-bond acceptors (Lipinski definition) is 5. The lowest BCUT2D eigenvalue weighted by Crippen LogP contribution is -2.35. The van der Waals surface area contributed by atoms with Crippen molar-refractivity contribution in [3.63, 3.8) is 0 Å². The number of halogens is 1. The van der Waals surface area contributed by atoms with E-state index in [9.17, 15) is 14.7 Å². The minimum absolute atomic E-state index is 0.0383. The van der Waals surface area contributed by atoms with Crippen molar-refractivity contribution in [1.29, 1.82) is 0 Å². The van der Waals surface area contributed by atoms with Crippen molar-refractivity contribution in [2.75, 3.05) is 19.6 Å². The van der Waals surface area contributed by atoms with Crippen molar-refractivity contribution in [3.8, 4) is 0 Å². The van der Waals surface area contributed by atoms with Gasteiger partial charge in [-0.15, -0.1) is 0 Å². The first-order chi connectivity index (χ1) is 11.5. The number of benzene rings is 1. The predicted octanol–water partition coefficient (Wildman–Crippen LogP) is 0.246. The zero-order valence-electron chi connectivity index (χ0n) is 13.0. The smallest absolute Gasteiger partial charge is 0.261 e. The van der Waals surface area contributed by atoms with Crippen LogP contribution < -0.4 is 16.2 Å². The minimum Gasteiger partial charge on any atom is -0.391 e. The van der Waals surface area contributed by atoms with Crippen LogP contribution in [0.25, 0.3) is 10.9 Å². The predicted molar refractivity (Wildman–Crippen MR) is 93.7 cm³/mol. The van der Waals surface area contributed by atoms with Crippen LogP contribution in [-0.4, -0.2) is 46.3 Å². The molecule has 24 heavy (non-hydrogen) atoms. The lowest BCUT2D eigenvalue weighted by molar-refractivity contribution is -0.121. The number of β-amino-alcohol motifs (C(OH)–C–C–N with tert-alkyl or cyclic N) is 1. The van der Waals surface area contributed by atoms with Crippen LogP contribution in [0, 0.1) is 5.92 Å². The molecule has 0 saturated carbocycles. The number of rotatable bonds is 5. The second kappa shape index (κ2) is 7.42. The van der Waals surface area contributed by atoms with Gasteiger partial charge >= 0.3 is 0 Å². The lowest BCUT2D eigenvalue weighted by Gasteiger charge is -2.14. The molecule has 0 spiro atoms. The number of aromatic nitrogens is 2. The van der Waals surface area contributed by atoms with Crippen LogP contribution in [0.4, 0.5) is 0 Å². The Morgan fingerprint density at radius 1 is 1.46 bits per heavy atom. The van der Waals surface area contributed by atoms with Gasteiger partial charge in [-0.05, 0) is 18.2 Å². The number of aliphatic hydroxyl groups excluding tert-OH is 1. The van der Waals surface area contributed by atoms with Gasteiger partial charge in [0.2, 0.25) is 5.91 Å². The SMILES string of the molecule is O=C(CCn1cnc2ccc(Br)cc2c1=O)NCC1CNCC1O. The summed E-state index contributed by atoms with van der Waals surface area (Å²) in [5, 5.41) is 16.1. The Hall–Kier alpha value is -1.77. The van der Waals surface area contributed by atoms with E-state index in [-0.39, 0.29) is 30.3 Å². The third-order valence-corrected chi connectivity index (χ3v) is 4.72. The Morgan fingerprint density at radius 2 is 2.29 bits per heavy atom. The maximum absolute atomic E-state index is 12.4. The van der Waals surface area contributed by atoms with Crippen LogP contribution in [0.15, 0.2) is 33.8 Å². The molecule has 1 saturated heterocycles. The molecule has 1 fully saturated rings. The van der Waals surface area contributed by atoms with Gasteiger partial charge < -0.3 is 15.7 Å². The summed E-state index contributed by atoms with van der Waals surface area (Å²) >= 11 is 3.35. The summed E-state index contributed by atoms with van der Waals surface area (Å²) in [6.45, 7) is 1.97. The average molecular weight is 395 g/mol. The molecule has 0 bridgehead atoms. The summed E-state index contributed by atoms with van der Waals surface area (Å²) in [5.74, 6) is -0.105. The molecule has 3 N–H and O–H groups in total. The van der Waals surface area contributed by atoms with Gasteiger partial charge in [0, 0.05) is 43.0 Å². The molecule has 7 nitrogen and oxygen atoms in total. The van der Waals surface area contributed by atoms with Gasteiger partial charge in [0.25, 0.3) is 5.56 Å². The quantitative estimate of drug-likeness (QED) is 0.675. The van der Waals surface area contributed by atoms with Crippen LogP contribution in [-0.2, 0) is 11.3 Å². The van der Waals surface area contributed by atoms with Gasteiger partial charge in [0.1, 0.15) is 0 Å². The second-order valence-corrected chi connectivity index (χ2v) is 6.86. The molecule has 2 heterocycles. The Morgan fingerprint density at radius 3 is 3.04 bits per heavy atom. The van der Waals surface area contributed by atoms with Crippen LogP contribution in [0.2, 0.25) is 0 Å². The number of hydrogen-bond donors (Lipinski definition) is 3. The molecule has 8 heteroatoms. The van der Waals surface area contributed by atoms with Crippen molar-refractivity contribution >= 4 is 32.7 Å². The van der Waals surface area contributed by atoms with Crippen molar-refractivity contribution < 1.29 is 9.90 Å². The Labute approximate surface area is 147 Å². The van der Waals surface area contributed by atoms with E-state index in [0.717, 1.165) is 4.47 Å². The molecule has 0 radical (unpaired) electrons. The van der Waals surface area contributed by atoms with Gasteiger partial charge in [0.15, 0.2) is 0 Å². The van der Waals surface area contributed by atoms with Crippen molar-refractivity contribution in [3.05, 3.63) is 39.4 Å². The molecule has 2 unspecified atom stereocenters. The third kappa shape index (κ3) is 3.82. The van der Waals surface area contributed by atoms with E-state index >= 15 is 0 Å². The largest absolute Gasteiger partial charge is 0.391 e. The number of fused-ring (bicyclic) bond motifs is 1. The number of amides is 1. The molecule has 0 aliphatic carbocycles. The van der Waals surface area contributed by atoms with Crippen molar-refractivity contribution in [2.45, 2.75) is 19.1 Å². The standard InChI is InChI=1S/C16H19BrN4O3/c17-11-1-2-13-12(5-11)16(24)21(9-20-13)4-3-15(23)19-7-10-6-18-8-14(10)22/h1-2,5,9-10,14,18,22H,3-4,6-8H2,(H,19,23). The zero-order chi connectivity index (χ0) is 17.1. The minimum atomic E-state index is -0.420. The zero-order valence-corrected chi connectivity index (χ0v) is 14.6. The maximum atomic E-state index is 12.4. The molecule has 2 aromatic rings. The van der Waals surface area contributed by atoms with Gasteiger partial charge in [0.05, 0.1) is 23.3 Å². The molecule has 1 aliphatic rings. The molecule has 1 aromatic heterocycles. The number of aryl methyl sites for hydroxylation is 1. The highest BCUT2D eigenvalue weighted by Gasteiger charge is 2.24. The van der Waals surface area contributed by atoms with Crippen LogP contribution >= 0.6 is 15.9 Å². The fourth-order valence-corrected chi connectivity index (χ4v) is 3.13. The number of carbonyl (C=O) groups excluding carboxylic acids is 1. The number of aliphatic hydroxyl groups is 1. The monoisotopic (exact) mass is 394 g/mol. The highest BCUT2D eigenvalue weighted by atomic mass is 79.9. The highest BCUT2D eigenvalue weighted by Crippen LogP contribution is 2.14. The first-order valence-electron chi connectivity index (χ1n) is 7.85. The summed E-state index contributed by atoms with van der Waals surface area (Å²) in [5.41, 5.74) is 0.469. The van der Waals surface area contributed by atoms with Gasteiger partial charge in [-0.3, -0.25) is 14.2 Å². The Bertz CT molecular complexity index is 807. The van der Waals surface area contributed by atoms with E-state index in [4.69, 9.17) is 0 Å². The first kappa shape index (κ1) is 17.1. The molecule has 3 rings (SSSR count). The first-order valence-corrected chi connectivity index (χ1v) is 8.64. The third-order valence-electron chi connectivity index (χ3n) is 4.23. The molecule has 1 aliphatic heterocycles. The highest BCUT2D eigenvalue weighted by molar-refractivity contribution is 9.10. The average Bonchev–Trinajstić information content (AvgIpc) is 2.98. The van der Waals surface area contributed by atoms with Crippen LogP contribution in [0.5, 0.6) is 0 Å². The molecule has 1 amide bonds. The number of nitrogens with zero attached hydrogens (tertiary/aromatic N) is 2. The molecule has 2 atom stereocenters. The van der Waals surface area contributed by atoms with E-state index < -0.39 is 6.10 Å². The normalized spacial score (nSPS) is 20.4. The second-order valence-electron chi connectivity index (χ2n) is 5.94. The van der Waals surface area contributed by atoms with Gasteiger partial charge in [-0.2, -0.15) is 0 Å². The molecular formula is C16H19BrN4O3. The van der Waals surface area contributed by atoms with Crippen LogP contribution in [0.1, 0.15) is 6.42 Å². The van der Waals surface area contributed by atoms with Gasteiger partial charge in [-0.25, -0.2) is 4.98 Å². The summed E-state index contributed by atoms with van der Waals surface area (Å²) in [7, 11) is 0. The lowest BCUT2D eigenvalue weighted by atomic mass is 10.1. The summed E-state index contributed by atoms with van der Waals surface area (Å²) < 4.78 is 2.26. The van der Waals surface area contributed by atoms with E-state index in [1.807, 2.05) is 6.07 Å². The fraction of sp³-hybridized carbons (Fsp3) is 0.438. The van der Waals surface area contributed by atoms with E-state index in [2.05, 4.69) is 31.5 Å². The topological polar surface area (TPSA) is 96.2 Å². The Balaban J connectivity index is 1.60. The summed E-state index contributed by atoms with van der Waals surface area (Å²) in [6, 6.07) is 5.34. The van der Waals surface area contributed by atoms with Crippen molar-refractivity contribution in [1.82, 2.24) is 20.2 Å². The van der Waals surface area contributed by atoms with Crippen LogP contribution in [0.3, 0.4) is 0 Å². The Kier molecular flexibility index (Phi) is 5.27. The molecular weight excluding hydrogens is 376 g/mol. The summed E-state index contributed by atoms with van der Waals surface area (Å²) in [6.07, 6.45) is 1.24. The van der Waals surface area contributed by atoms with Crippen molar-refractivity contribution in [2.24, 2.45) is 5.92 Å². The molecule has 1 aromatic carbocycles. The van der Waals surface area contributed by atoms with E-state index in [1.165, 1.54) is 10.9 Å². The number of nitrogens with one attached hydrogen (secondary N) is 2. The molecule has 128 valence electrons.